The van der Waals surface area contributed by atoms with Crippen molar-refractivity contribution in [2.45, 2.75) is 58.8 Å². The predicted molar refractivity (Wildman–Crippen MR) is 85.4 cm³/mol. The van der Waals surface area contributed by atoms with Gasteiger partial charge in [-0.1, -0.05) is 25.6 Å². The second kappa shape index (κ2) is 8.92. The minimum absolute atomic E-state index is 0.0993. The third-order valence-electron chi connectivity index (χ3n) is 2.48. The molecule has 7 heteroatoms. The zero-order valence-corrected chi connectivity index (χ0v) is 14.8. The normalized spacial score (nSPS) is 11.5. The lowest BCUT2D eigenvalue weighted by atomic mass is 10.1. The molecule has 0 saturated heterocycles. The highest BCUT2D eigenvalue weighted by Gasteiger charge is 2.27. The number of carbonyl (C=O) groups excluding carboxylic acids is 4. The fraction of sp³-hybridized carbons (Fsp3) is 0.733. The van der Waals surface area contributed by atoms with Crippen LogP contribution in [0.15, 0.2) is 0 Å². The zero-order valence-electron chi connectivity index (χ0n) is 14.0. The van der Waals surface area contributed by atoms with E-state index in [2.05, 4.69) is 5.32 Å². The second-order valence-electron chi connectivity index (χ2n) is 6.16. The van der Waals surface area contributed by atoms with Gasteiger partial charge in [0.2, 0.25) is 11.7 Å². The first-order valence-electron chi connectivity index (χ1n) is 7.18. The standard InChI is InChI=1S/C15H25NO5S/c1-9(2)13(19)16-8-15(5,6)22-12(18)7-11(17)14(20)21-10(3)4/h9-10H,7-8H2,1-6H3,(H,16,19). The number of rotatable bonds is 8. The van der Waals surface area contributed by atoms with Crippen molar-refractivity contribution in [2.24, 2.45) is 5.92 Å². The smallest absolute Gasteiger partial charge is 0.375 e. The maximum atomic E-state index is 11.9. The Morgan fingerprint density at radius 2 is 1.64 bits per heavy atom. The van der Waals surface area contributed by atoms with Crippen LogP contribution in [0.3, 0.4) is 0 Å². The fourth-order valence-electron chi connectivity index (χ4n) is 1.37. The Morgan fingerprint density at radius 1 is 1.09 bits per heavy atom. The Labute approximate surface area is 135 Å². The van der Waals surface area contributed by atoms with Gasteiger partial charge in [0.15, 0.2) is 5.12 Å². The lowest BCUT2D eigenvalue weighted by Gasteiger charge is -2.23. The molecule has 126 valence electrons. The van der Waals surface area contributed by atoms with Gasteiger partial charge < -0.3 is 10.1 Å². The van der Waals surface area contributed by atoms with Crippen LogP contribution in [0.1, 0.15) is 48.0 Å². The minimum Gasteiger partial charge on any atom is -0.457 e. The number of hydrogen-bond donors (Lipinski definition) is 1. The van der Waals surface area contributed by atoms with Crippen molar-refractivity contribution in [3.63, 3.8) is 0 Å². The van der Waals surface area contributed by atoms with Gasteiger partial charge in [0.25, 0.3) is 0 Å². The predicted octanol–water partition coefficient (Wildman–Crippen LogP) is 1.71. The number of thioether (sulfide) groups is 1. The van der Waals surface area contributed by atoms with E-state index >= 15 is 0 Å². The maximum absolute atomic E-state index is 11.9. The molecule has 0 atom stereocenters. The first kappa shape index (κ1) is 20.6. The van der Waals surface area contributed by atoms with Gasteiger partial charge in [0, 0.05) is 17.2 Å². The van der Waals surface area contributed by atoms with E-state index in [4.69, 9.17) is 4.74 Å². The highest BCUT2D eigenvalue weighted by molar-refractivity contribution is 8.14. The maximum Gasteiger partial charge on any atom is 0.375 e. The zero-order chi connectivity index (χ0) is 17.5. The van der Waals surface area contributed by atoms with Gasteiger partial charge in [0.05, 0.1) is 12.5 Å². The Kier molecular flexibility index (Phi) is 8.37. The molecule has 0 unspecified atom stereocenters. The summed E-state index contributed by atoms with van der Waals surface area (Å²) in [6, 6.07) is 0. The van der Waals surface area contributed by atoms with E-state index < -0.39 is 34.1 Å². The van der Waals surface area contributed by atoms with E-state index in [9.17, 15) is 19.2 Å². The number of ketones is 1. The highest BCUT2D eigenvalue weighted by atomic mass is 32.2. The molecule has 0 saturated carbocycles. The van der Waals surface area contributed by atoms with Crippen LogP contribution in [0, 0.1) is 5.92 Å². The lowest BCUT2D eigenvalue weighted by Crippen LogP contribution is -2.39. The van der Waals surface area contributed by atoms with Crippen molar-refractivity contribution < 1.29 is 23.9 Å². The second-order valence-corrected chi connectivity index (χ2v) is 7.92. The highest BCUT2D eigenvalue weighted by Crippen LogP contribution is 2.25. The minimum atomic E-state index is -0.991. The third-order valence-corrected chi connectivity index (χ3v) is 3.55. The van der Waals surface area contributed by atoms with Crippen LogP contribution < -0.4 is 5.32 Å². The van der Waals surface area contributed by atoms with E-state index in [-0.39, 0.29) is 11.8 Å². The van der Waals surface area contributed by atoms with E-state index in [1.165, 1.54) is 0 Å². The number of Topliss-reactive ketones (excluding diaryl/α,β-unsaturated/α-hetero) is 1. The molecule has 6 nitrogen and oxygen atoms in total. The lowest BCUT2D eigenvalue weighted by molar-refractivity contribution is -0.157. The number of nitrogens with one attached hydrogen (secondary N) is 1. The third kappa shape index (κ3) is 8.81. The van der Waals surface area contributed by atoms with Crippen molar-refractivity contribution in [1.29, 1.82) is 0 Å². The summed E-state index contributed by atoms with van der Waals surface area (Å²) >= 11 is 0.938. The topological polar surface area (TPSA) is 89.5 Å². The number of amides is 1. The molecule has 0 spiro atoms. The average Bonchev–Trinajstić information content (AvgIpc) is 2.33. The van der Waals surface area contributed by atoms with Gasteiger partial charge in [-0.15, -0.1) is 0 Å². The monoisotopic (exact) mass is 331 g/mol. The molecule has 0 radical (unpaired) electrons. The number of carbonyl (C=O) groups is 4. The van der Waals surface area contributed by atoms with Crippen molar-refractivity contribution >= 4 is 34.5 Å². The van der Waals surface area contributed by atoms with Crippen LogP contribution >= 0.6 is 11.8 Å². The van der Waals surface area contributed by atoms with Crippen LogP contribution in [0.25, 0.3) is 0 Å². The van der Waals surface area contributed by atoms with E-state index in [0.717, 1.165) is 11.8 Å². The molecule has 0 aliphatic rings. The van der Waals surface area contributed by atoms with Crippen molar-refractivity contribution in [3.05, 3.63) is 0 Å². The van der Waals surface area contributed by atoms with Crippen molar-refractivity contribution in [1.82, 2.24) is 5.32 Å². The average molecular weight is 331 g/mol. The first-order valence-corrected chi connectivity index (χ1v) is 7.99. The van der Waals surface area contributed by atoms with Gasteiger partial charge in [0.1, 0.15) is 0 Å². The van der Waals surface area contributed by atoms with Crippen LogP contribution in [-0.2, 0) is 23.9 Å². The Bertz CT molecular complexity index is 443. The molecule has 0 aromatic carbocycles. The molecule has 0 aromatic rings. The molecule has 0 aliphatic heterocycles. The molecule has 22 heavy (non-hydrogen) atoms. The summed E-state index contributed by atoms with van der Waals surface area (Å²) in [5, 5.41) is 2.32. The summed E-state index contributed by atoms with van der Waals surface area (Å²) in [6.07, 6.45) is -0.903. The summed E-state index contributed by atoms with van der Waals surface area (Å²) in [4.78, 5) is 46.3. The Balaban J connectivity index is 4.36. The SMILES string of the molecule is CC(C)OC(=O)C(=O)CC(=O)SC(C)(C)CNC(=O)C(C)C. The molecule has 0 aliphatic carbocycles. The van der Waals surface area contributed by atoms with Crippen LogP contribution in [-0.4, -0.2) is 40.2 Å². The number of hydrogen-bond acceptors (Lipinski definition) is 6. The Hall–Kier alpha value is -1.37. The van der Waals surface area contributed by atoms with Crippen LogP contribution in [0.4, 0.5) is 0 Å². The van der Waals surface area contributed by atoms with Gasteiger partial charge in [-0.25, -0.2) is 4.79 Å². The number of esters is 1. The molecular formula is C15H25NO5S. The van der Waals surface area contributed by atoms with E-state index in [0.29, 0.717) is 6.54 Å². The van der Waals surface area contributed by atoms with Crippen LogP contribution in [0.2, 0.25) is 0 Å². The van der Waals surface area contributed by atoms with Crippen LogP contribution in [0.5, 0.6) is 0 Å². The molecule has 0 bridgehead atoms. The molecule has 1 amide bonds. The molecular weight excluding hydrogens is 306 g/mol. The quantitative estimate of drug-likeness (QED) is 0.414. The van der Waals surface area contributed by atoms with Crippen molar-refractivity contribution in [3.8, 4) is 0 Å². The summed E-state index contributed by atoms with van der Waals surface area (Å²) in [6.45, 7) is 10.7. The number of ether oxygens (including phenoxy) is 1. The summed E-state index contributed by atoms with van der Waals surface area (Å²) in [5.74, 6) is -2.08. The van der Waals surface area contributed by atoms with Crippen molar-refractivity contribution in [2.75, 3.05) is 6.54 Å². The largest absolute Gasteiger partial charge is 0.457 e. The molecule has 0 rings (SSSR count). The molecule has 0 fully saturated rings. The van der Waals surface area contributed by atoms with Gasteiger partial charge >= 0.3 is 5.97 Å². The fourth-order valence-corrected chi connectivity index (χ4v) is 2.33. The molecule has 1 N–H and O–H groups in total. The van der Waals surface area contributed by atoms with Gasteiger partial charge in [-0.05, 0) is 27.7 Å². The summed E-state index contributed by atoms with van der Waals surface area (Å²) in [5.41, 5.74) is 0. The van der Waals surface area contributed by atoms with E-state index in [1.807, 2.05) is 0 Å². The molecule has 0 aromatic heterocycles. The molecule has 0 heterocycles. The van der Waals surface area contributed by atoms with E-state index in [1.54, 1.807) is 41.5 Å². The van der Waals surface area contributed by atoms with Gasteiger partial charge in [-0.2, -0.15) is 0 Å². The summed E-state index contributed by atoms with van der Waals surface area (Å²) in [7, 11) is 0. The van der Waals surface area contributed by atoms with Gasteiger partial charge in [-0.3, -0.25) is 14.4 Å². The summed E-state index contributed by atoms with van der Waals surface area (Å²) < 4.78 is 4.18. The first-order chi connectivity index (χ1) is 9.94. The Morgan fingerprint density at radius 3 is 2.09 bits per heavy atom.